The van der Waals surface area contributed by atoms with Gasteiger partial charge >= 0.3 is 0 Å². The van der Waals surface area contributed by atoms with Crippen molar-refractivity contribution in [3.63, 3.8) is 0 Å². The maximum absolute atomic E-state index is 11.5. The molecule has 0 saturated carbocycles. The van der Waals surface area contributed by atoms with E-state index in [1.54, 1.807) is 11.8 Å². The highest BCUT2D eigenvalue weighted by Gasteiger charge is 2.14. The van der Waals surface area contributed by atoms with Gasteiger partial charge in [0.2, 0.25) is 0 Å². The number of aryl methyl sites for hydroxylation is 1. The lowest BCUT2D eigenvalue weighted by Crippen LogP contribution is -1.92. The van der Waals surface area contributed by atoms with Crippen LogP contribution < -0.4 is 0 Å². The average Bonchev–Trinajstić information content (AvgIpc) is 2.79. The highest BCUT2D eigenvalue weighted by molar-refractivity contribution is 7.98. The smallest absolute Gasteiger partial charge is 0.153 e. The zero-order valence-corrected chi connectivity index (χ0v) is 13.1. The van der Waals surface area contributed by atoms with E-state index in [-0.39, 0.29) is 0 Å². The maximum atomic E-state index is 11.5. The van der Waals surface area contributed by atoms with Gasteiger partial charge < -0.3 is 4.57 Å². The van der Waals surface area contributed by atoms with Crippen LogP contribution in [0.25, 0.3) is 10.9 Å². The second-order valence-corrected chi connectivity index (χ2v) is 6.23. The minimum atomic E-state index is 0.738. The Bertz CT molecular complexity index is 792. The molecule has 2 nitrogen and oxygen atoms in total. The number of para-hydroxylation sites is 1. The lowest BCUT2D eigenvalue weighted by molar-refractivity contribution is 0.112. The lowest BCUT2D eigenvalue weighted by atomic mass is 10.2. The Morgan fingerprint density at radius 1 is 1.14 bits per heavy atom. The van der Waals surface area contributed by atoms with Crippen LogP contribution in [-0.2, 0) is 12.8 Å². The van der Waals surface area contributed by atoms with Crippen molar-refractivity contribution >= 4 is 40.6 Å². The quantitative estimate of drug-likeness (QED) is 0.502. The van der Waals surface area contributed by atoms with E-state index in [1.807, 2.05) is 55.6 Å². The monoisotopic (exact) mass is 315 g/mol. The Hall–Kier alpha value is -1.71. The Kier molecular flexibility index (Phi) is 4.04. The van der Waals surface area contributed by atoms with E-state index < -0.39 is 0 Å². The predicted molar refractivity (Wildman–Crippen MR) is 89.3 cm³/mol. The molecule has 0 fully saturated rings. The van der Waals surface area contributed by atoms with Crippen LogP contribution in [0, 0.1) is 0 Å². The molecule has 106 valence electrons. The molecule has 0 radical (unpaired) electrons. The Labute approximate surface area is 132 Å². The summed E-state index contributed by atoms with van der Waals surface area (Å²) in [4.78, 5) is 11.5. The van der Waals surface area contributed by atoms with Gasteiger partial charge in [-0.15, -0.1) is 11.8 Å². The number of halogens is 1. The van der Waals surface area contributed by atoms with Gasteiger partial charge in [0.1, 0.15) is 0 Å². The number of nitrogens with zero attached hydrogens (tertiary/aromatic N) is 1. The molecule has 0 amide bonds. The fraction of sp³-hybridized carbons (Fsp3) is 0.118. The molecule has 0 N–H and O–H groups in total. The van der Waals surface area contributed by atoms with Crippen LogP contribution in [0.5, 0.6) is 0 Å². The van der Waals surface area contributed by atoms with Crippen molar-refractivity contribution in [3.8, 4) is 0 Å². The standard InChI is InChI=1S/C17H14ClNOS/c1-19-16-5-3-2-4-14(16)15(10-20)17(19)21-11-12-6-8-13(18)9-7-12/h2-10H,11H2,1H3. The first-order chi connectivity index (χ1) is 10.2. The van der Waals surface area contributed by atoms with Crippen molar-refractivity contribution in [1.82, 2.24) is 4.57 Å². The van der Waals surface area contributed by atoms with Crippen molar-refractivity contribution in [2.45, 2.75) is 10.8 Å². The molecule has 3 aromatic rings. The van der Waals surface area contributed by atoms with Crippen LogP contribution in [0.2, 0.25) is 5.02 Å². The molecule has 0 saturated heterocycles. The summed E-state index contributed by atoms with van der Waals surface area (Å²) in [6, 6.07) is 15.8. The molecule has 2 aromatic carbocycles. The average molecular weight is 316 g/mol. The van der Waals surface area contributed by atoms with Crippen LogP contribution in [0.3, 0.4) is 0 Å². The summed E-state index contributed by atoms with van der Waals surface area (Å²) in [6.45, 7) is 0. The molecule has 1 aromatic heterocycles. The van der Waals surface area contributed by atoms with Gasteiger partial charge in [0.25, 0.3) is 0 Å². The lowest BCUT2D eigenvalue weighted by Gasteiger charge is -2.05. The molecule has 21 heavy (non-hydrogen) atoms. The summed E-state index contributed by atoms with van der Waals surface area (Å²) in [6.07, 6.45) is 0.951. The van der Waals surface area contributed by atoms with E-state index in [4.69, 9.17) is 11.6 Å². The molecule has 0 aliphatic carbocycles. The van der Waals surface area contributed by atoms with E-state index in [2.05, 4.69) is 4.57 Å². The van der Waals surface area contributed by atoms with Crippen molar-refractivity contribution < 1.29 is 4.79 Å². The zero-order chi connectivity index (χ0) is 14.8. The van der Waals surface area contributed by atoms with Gasteiger partial charge in [-0.1, -0.05) is 41.9 Å². The number of aldehydes is 1. The van der Waals surface area contributed by atoms with Gasteiger partial charge in [-0.05, 0) is 23.8 Å². The normalized spacial score (nSPS) is 11.0. The number of hydrogen-bond donors (Lipinski definition) is 0. The molecule has 0 aliphatic heterocycles. The van der Waals surface area contributed by atoms with Gasteiger partial charge in [0, 0.05) is 28.7 Å². The Balaban J connectivity index is 1.94. The van der Waals surface area contributed by atoms with Gasteiger partial charge in [-0.3, -0.25) is 4.79 Å². The minimum absolute atomic E-state index is 0.738. The number of carbonyl (C=O) groups excluding carboxylic acids is 1. The van der Waals surface area contributed by atoms with Gasteiger partial charge in [-0.25, -0.2) is 0 Å². The van der Waals surface area contributed by atoms with E-state index in [9.17, 15) is 4.79 Å². The molecule has 0 unspecified atom stereocenters. The number of carbonyl (C=O) groups is 1. The highest BCUT2D eigenvalue weighted by atomic mass is 35.5. The molecular weight excluding hydrogens is 302 g/mol. The molecular formula is C17H14ClNOS. The number of fused-ring (bicyclic) bond motifs is 1. The van der Waals surface area contributed by atoms with E-state index in [0.29, 0.717) is 0 Å². The molecule has 0 atom stereocenters. The number of hydrogen-bond acceptors (Lipinski definition) is 2. The van der Waals surface area contributed by atoms with E-state index >= 15 is 0 Å². The molecule has 4 heteroatoms. The molecule has 0 bridgehead atoms. The number of rotatable bonds is 4. The van der Waals surface area contributed by atoms with Gasteiger partial charge in [0.15, 0.2) is 6.29 Å². The molecule has 0 spiro atoms. The van der Waals surface area contributed by atoms with Crippen LogP contribution in [-0.4, -0.2) is 10.9 Å². The van der Waals surface area contributed by atoms with Crippen molar-refractivity contribution in [2.75, 3.05) is 0 Å². The molecule has 1 heterocycles. The zero-order valence-electron chi connectivity index (χ0n) is 11.5. The van der Waals surface area contributed by atoms with E-state index in [0.717, 1.165) is 38.6 Å². The largest absolute Gasteiger partial charge is 0.338 e. The fourth-order valence-corrected chi connectivity index (χ4v) is 3.65. The Morgan fingerprint density at radius 2 is 1.86 bits per heavy atom. The minimum Gasteiger partial charge on any atom is -0.338 e. The maximum Gasteiger partial charge on any atom is 0.153 e. The summed E-state index contributed by atoms with van der Waals surface area (Å²) < 4.78 is 2.08. The first kappa shape index (κ1) is 14.2. The van der Waals surface area contributed by atoms with Crippen molar-refractivity contribution in [2.24, 2.45) is 7.05 Å². The summed E-state index contributed by atoms with van der Waals surface area (Å²) in [7, 11) is 2.00. The molecule has 3 rings (SSSR count). The first-order valence-corrected chi connectivity index (χ1v) is 7.97. The van der Waals surface area contributed by atoms with E-state index in [1.165, 1.54) is 5.56 Å². The first-order valence-electron chi connectivity index (χ1n) is 6.60. The summed E-state index contributed by atoms with van der Waals surface area (Å²) in [5, 5.41) is 2.75. The van der Waals surface area contributed by atoms with Gasteiger partial charge in [-0.2, -0.15) is 0 Å². The van der Waals surface area contributed by atoms with Crippen LogP contribution in [0.15, 0.2) is 53.6 Å². The third-order valence-electron chi connectivity index (χ3n) is 3.50. The topological polar surface area (TPSA) is 22.0 Å². The van der Waals surface area contributed by atoms with Crippen LogP contribution >= 0.6 is 23.4 Å². The Morgan fingerprint density at radius 3 is 2.57 bits per heavy atom. The summed E-state index contributed by atoms with van der Waals surface area (Å²) in [5.41, 5.74) is 3.04. The van der Waals surface area contributed by atoms with Crippen LogP contribution in [0.4, 0.5) is 0 Å². The third kappa shape index (κ3) is 2.71. The van der Waals surface area contributed by atoms with Crippen molar-refractivity contribution in [3.05, 3.63) is 64.7 Å². The number of thioether (sulfide) groups is 1. The van der Waals surface area contributed by atoms with Crippen molar-refractivity contribution in [1.29, 1.82) is 0 Å². The van der Waals surface area contributed by atoms with Gasteiger partial charge in [0.05, 0.1) is 10.6 Å². The third-order valence-corrected chi connectivity index (χ3v) is 4.99. The highest BCUT2D eigenvalue weighted by Crippen LogP contribution is 2.33. The molecule has 0 aliphatic rings. The second-order valence-electron chi connectivity index (χ2n) is 4.83. The summed E-state index contributed by atoms with van der Waals surface area (Å²) in [5.74, 6) is 0.808. The summed E-state index contributed by atoms with van der Waals surface area (Å²) >= 11 is 7.57. The predicted octanol–water partition coefficient (Wildman–Crippen LogP) is 4.94. The number of benzene rings is 2. The SMILES string of the molecule is Cn1c(SCc2ccc(Cl)cc2)c(C=O)c2ccccc21. The number of aromatic nitrogens is 1. The fourth-order valence-electron chi connectivity index (χ4n) is 2.42. The van der Waals surface area contributed by atoms with Crippen LogP contribution in [0.1, 0.15) is 15.9 Å². The second kappa shape index (κ2) is 5.96.